The highest BCUT2D eigenvalue weighted by Gasteiger charge is 2.15. The molecule has 0 amide bonds. The maximum absolute atomic E-state index is 13.5. The fourth-order valence-corrected chi connectivity index (χ4v) is 2.03. The second-order valence-electron chi connectivity index (χ2n) is 4.39. The molecule has 1 aromatic heterocycles. The molecule has 0 fully saturated rings. The lowest BCUT2D eigenvalue weighted by atomic mass is 10.00. The number of hydrogen-bond acceptors (Lipinski definition) is 2. The normalized spacial score (nSPS) is 12.7. The van der Waals surface area contributed by atoms with E-state index in [1.165, 1.54) is 6.07 Å². The molecule has 0 aliphatic rings. The second kappa shape index (κ2) is 4.86. The Kier molecular flexibility index (Phi) is 3.43. The third kappa shape index (κ3) is 2.56. The molecule has 2 N–H and O–H groups in total. The van der Waals surface area contributed by atoms with Crippen LogP contribution in [0, 0.1) is 18.6 Å². The van der Waals surface area contributed by atoms with E-state index in [4.69, 9.17) is 5.73 Å². The first-order valence-electron chi connectivity index (χ1n) is 5.67. The van der Waals surface area contributed by atoms with Crippen molar-refractivity contribution >= 4 is 0 Å². The number of aryl methyl sites for hydroxylation is 2. The van der Waals surface area contributed by atoms with Crippen LogP contribution in [-0.2, 0) is 13.5 Å². The quantitative estimate of drug-likeness (QED) is 0.909. The van der Waals surface area contributed by atoms with Gasteiger partial charge in [0.05, 0.1) is 5.69 Å². The van der Waals surface area contributed by atoms with Gasteiger partial charge >= 0.3 is 0 Å². The van der Waals surface area contributed by atoms with E-state index in [1.54, 1.807) is 17.9 Å². The molecule has 0 aliphatic carbocycles. The Morgan fingerprint density at radius 1 is 1.39 bits per heavy atom. The molecule has 2 aromatic rings. The minimum Gasteiger partial charge on any atom is -0.324 e. The summed E-state index contributed by atoms with van der Waals surface area (Å²) >= 11 is 0. The molecule has 2 rings (SSSR count). The zero-order valence-corrected chi connectivity index (χ0v) is 10.3. The molecular weight excluding hydrogens is 236 g/mol. The number of aromatic nitrogens is 2. The van der Waals surface area contributed by atoms with E-state index in [0.29, 0.717) is 0 Å². The monoisotopic (exact) mass is 251 g/mol. The maximum Gasteiger partial charge on any atom is 0.126 e. The Balaban J connectivity index is 2.23. The summed E-state index contributed by atoms with van der Waals surface area (Å²) in [7, 11) is 1.80. The fraction of sp³-hybridized carbons (Fsp3) is 0.308. The van der Waals surface area contributed by atoms with Gasteiger partial charge in [0.1, 0.15) is 11.6 Å². The van der Waals surface area contributed by atoms with Crippen molar-refractivity contribution in [2.24, 2.45) is 12.8 Å². The van der Waals surface area contributed by atoms with Crippen molar-refractivity contribution in [1.29, 1.82) is 0 Å². The number of rotatable bonds is 3. The van der Waals surface area contributed by atoms with Gasteiger partial charge in [-0.05, 0) is 37.1 Å². The Morgan fingerprint density at radius 3 is 2.72 bits per heavy atom. The fourth-order valence-electron chi connectivity index (χ4n) is 2.03. The van der Waals surface area contributed by atoms with Crippen molar-refractivity contribution in [3.63, 3.8) is 0 Å². The molecule has 0 spiro atoms. The summed E-state index contributed by atoms with van der Waals surface area (Å²) in [6, 6.07) is 3.00. The zero-order chi connectivity index (χ0) is 13.3. The van der Waals surface area contributed by atoms with Gasteiger partial charge < -0.3 is 5.73 Å². The highest BCUT2D eigenvalue weighted by Crippen LogP contribution is 2.20. The Morgan fingerprint density at radius 2 is 2.11 bits per heavy atom. The molecule has 96 valence electrons. The van der Waals surface area contributed by atoms with Crippen LogP contribution in [0.2, 0.25) is 0 Å². The lowest BCUT2D eigenvalue weighted by molar-refractivity contribution is 0.572. The molecule has 5 heteroatoms. The average molecular weight is 251 g/mol. The Labute approximate surface area is 104 Å². The number of benzene rings is 1. The number of nitrogens with zero attached hydrogens (tertiary/aromatic N) is 2. The molecule has 0 aliphatic heterocycles. The van der Waals surface area contributed by atoms with E-state index in [2.05, 4.69) is 5.10 Å². The molecular formula is C13H15F2N3. The van der Waals surface area contributed by atoms with Crippen LogP contribution < -0.4 is 5.73 Å². The van der Waals surface area contributed by atoms with Crippen LogP contribution in [0.4, 0.5) is 8.78 Å². The third-order valence-electron chi connectivity index (χ3n) is 2.90. The van der Waals surface area contributed by atoms with Gasteiger partial charge in [0.25, 0.3) is 0 Å². The molecule has 0 saturated heterocycles. The molecule has 0 saturated carbocycles. The Bertz CT molecular complexity index is 563. The molecule has 18 heavy (non-hydrogen) atoms. The van der Waals surface area contributed by atoms with E-state index < -0.39 is 17.7 Å². The van der Waals surface area contributed by atoms with Gasteiger partial charge in [-0.3, -0.25) is 4.68 Å². The minimum absolute atomic E-state index is 0.246. The summed E-state index contributed by atoms with van der Waals surface area (Å²) in [6.07, 6.45) is 2.05. The van der Waals surface area contributed by atoms with Gasteiger partial charge in [-0.2, -0.15) is 5.10 Å². The van der Waals surface area contributed by atoms with Crippen molar-refractivity contribution in [2.75, 3.05) is 0 Å². The lowest BCUT2D eigenvalue weighted by Crippen LogP contribution is -2.14. The second-order valence-corrected chi connectivity index (χ2v) is 4.39. The van der Waals surface area contributed by atoms with E-state index in [1.807, 2.05) is 6.92 Å². The van der Waals surface area contributed by atoms with Crippen molar-refractivity contribution in [2.45, 2.75) is 19.4 Å². The van der Waals surface area contributed by atoms with Crippen LogP contribution in [-0.4, -0.2) is 9.78 Å². The largest absolute Gasteiger partial charge is 0.324 e. The van der Waals surface area contributed by atoms with Gasteiger partial charge in [0.2, 0.25) is 0 Å². The predicted octanol–water partition coefficient (Wildman–Crippen LogP) is 2.25. The van der Waals surface area contributed by atoms with Gasteiger partial charge in [-0.25, -0.2) is 8.78 Å². The molecule has 3 nitrogen and oxygen atoms in total. The lowest BCUT2D eigenvalue weighted by Gasteiger charge is -2.11. The van der Waals surface area contributed by atoms with Crippen LogP contribution in [0.3, 0.4) is 0 Å². The highest BCUT2D eigenvalue weighted by molar-refractivity contribution is 5.25. The minimum atomic E-state index is -0.457. The summed E-state index contributed by atoms with van der Waals surface area (Å²) in [5.41, 5.74) is 7.96. The number of halogens is 2. The summed E-state index contributed by atoms with van der Waals surface area (Å²) in [4.78, 5) is 0. The van der Waals surface area contributed by atoms with E-state index in [9.17, 15) is 8.78 Å². The standard InChI is InChI=1S/C13H15F2N3/c1-8-11(7-18(2)17-8)13(16)6-9-5-10(14)3-4-12(9)15/h3-5,7,13H,6,16H2,1-2H3. The first-order valence-corrected chi connectivity index (χ1v) is 5.67. The Hall–Kier alpha value is -1.75. The van der Waals surface area contributed by atoms with Crippen molar-refractivity contribution in [1.82, 2.24) is 9.78 Å². The molecule has 1 heterocycles. The van der Waals surface area contributed by atoms with Crippen LogP contribution in [0.25, 0.3) is 0 Å². The van der Waals surface area contributed by atoms with Crippen molar-refractivity contribution < 1.29 is 8.78 Å². The first kappa shape index (κ1) is 12.7. The molecule has 1 aromatic carbocycles. The van der Waals surface area contributed by atoms with Crippen LogP contribution >= 0.6 is 0 Å². The SMILES string of the molecule is Cc1nn(C)cc1C(N)Cc1cc(F)ccc1F. The molecule has 1 unspecified atom stereocenters. The third-order valence-corrected chi connectivity index (χ3v) is 2.90. The highest BCUT2D eigenvalue weighted by atomic mass is 19.1. The summed E-state index contributed by atoms with van der Waals surface area (Å²) in [6.45, 7) is 1.84. The average Bonchev–Trinajstić information content (AvgIpc) is 2.63. The van der Waals surface area contributed by atoms with Gasteiger partial charge in [-0.1, -0.05) is 0 Å². The zero-order valence-electron chi connectivity index (χ0n) is 10.3. The van der Waals surface area contributed by atoms with Crippen molar-refractivity contribution in [3.8, 4) is 0 Å². The number of hydrogen-bond donors (Lipinski definition) is 1. The first-order chi connectivity index (χ1) is 8.47. The number of nitrogens with two attached hydrogens (primary N) is 1. The van der Waals surface area contributed by atoms with Crippen LogP contribution in [0.15, 0.2) is 24.4 Å². The van der Waals surface area contributed by atoms with E-state index >= 15 is 0 Å². The van der Waals surface area contributed by atoms with Crippen molar-refractivity contribution in [3.05, 3.63) is 52.9 Å². The molecule has 0 radical (unpaired) electrons. The van der Waals surface area contributed by atoms with Gasteiger partial charge in [0, 0.05) is 24.8 Å². The van der Waals surface area contributed by atoms with Crippen LogP contribution in [0.5, 0.6) is 0 Å². The molecule has 0 bridgehead atoms. The summed E-state index contributed by atoms with van der Waals surface area (Å²) < 4.78 is 28.2. The van der Waals surface area contributed by atoms with E-state index in [-0.39, 0.29) is 12.0 Å². The smallest absolute Gasteiger partial charge is 0.126 e. The summed E-state index contributed by atoms with van der Waals surface area (Å²) in [5.74, 6) is -0.894. The maximum atomic E-state index is 13.5. The predicted molar refractivity (Wildman–Crippen MR) is 64.9 cm³/mol. The van der Waals surface area contributed by atoms with Crippen LogP contribution in [0.1, 0.15) is 22.9 Å². The van der Waals surface area contributed by atoms with E-state index in [0.717, 1.165) is 23.4 Å². The van der Waals surface area contributed by atoms with Gasteiger partial charge in [0.15, 0.2) is 0 Å². The summed E-state index contributed by atoms with van der Waals surface area (Å²) in [5, 5.41) is 4.18. The van der Waals surface area contributed by atoms with Gasteiger partial charge in [-0.15, -0.1) is 0 Å². The molecule has 1 atom stereocenters. The topological polar surface area (TPSA) is 43.8 Å².